The van der Waals surface area contributed by atoms with Crippen LogP contribution in [-0.4, -0.2) is 32.3 Å². The Morgan fingerprint density at radius 1 is 1.40 bits per heavy atom. The third kappa shape index (κ3) is 4.62. The number of benzene rings is 1. The molecule has 1 aliphatic rings. The van der Waals surface area contributed by atoms with Crippen LogP contribution < -0.4 is 5.32 Å². The summed E-state index contributed by atoms with van der Waals surface area (Å²) >= 11 is 0. The van der Waals surface area contributed by atoms with Crippen molar-refractivity contribution in [3.8, 4) is 0 Å². The Bertz CT molecular complexity index is 427. The van der Waals surface area contributed by atoms with E-state index in [-0.39, 0.29) is 5.97 Å². The van der Waals surface area contributed by atoms with Gasteiger partial charge in [-0.2, -0.15) is 0 Å². The Balaban J connectivity index is 1.72. The van der Waals surface area contributed by atoms with E-state index < -0.39 is 0 Å². The van der Waals surface area contributed by atoms with Crippen molar-refractivity contribution in [1.29, 1.82) is 0 Å². The van der Waals surface area contributed by atoms with Crippen molar-refractivity contribution >= 4 is 5.97 Å². The lowest BCUT2D eigenvalue weighted by Crippen LogP contribution is -2.34. The van der Waals surface area contributed by atoms with E-state index in [4.69, 9.17) is 9.47 Å². The molecule has 1 heterocycles. The summed E-state index contributed by atoms with van der Waals surface area (Å²) in [6.07, 6.45) is 4.91. The largest absolute Gasteiger partial charge is 0.465 e. The van der Waals surface area contributed by atoms with Crippen molar-refractivity contribution in [2.75, 3.05) is 20.3 Å². The molecule has 4 nitrogen and oxygen atoms in total. The van der Waals surface area contributed by atoms with Crippen LogP contribution in [0.1, 0.15) is 41.6 Å². The first-order chi connectivity index (χ1) is 9.79. The maximum absolute atomic E-state index is 11.4. The van der Waals surface area contributed by atoms with Crippen molar-refractivity contribution in [2.24, 2.45) is 0 Å². The van der Waals surface area contributed by atoms with Crippen LogP contribution in [0.2, 0.25) is 0 Å². The highest BCUT2D eigenvalue weighted by atomic mass is 16.5. The number of hydrogen-bond acceptors (Lipinski definition) is 4. The van der Waals surface area contributed by atoms with E-state index in [2.05, 4.69) is 5.32 Å². The molecule has 0 amide bonds. The molecule has 0 radical (unpaired) electrons. The molecule has 1 fully saturated rings. The van der Waals surface area contributed by atoms with Crippen LogP contribution in [0.15, 0.2) is 24.3 Å². The van der Waals surface area contributed by atoms with Crippen LogP contribution in [0.25, 0.3) is 0 Å². The molecule has 20 heavy (non-hydrogen) atoms. The highest BCUT2D eigenvalue weighted by Gasteiger charge is 2.11. The molecule has 110 valence electrons. The van der Waals surface area contributed by atoms with Crippen molar-refractivity contribution < 1.29 is 14.3 Å². The fraction of sp³-hybridized carbons (Fsp3) is 0.562. The number of hydrogen-bond donors (Lipinski definition) is 1. The minimum atomic E-state index is -0.307. The van der Waals surface area contributed by atoms with Gasteiger partial charge in [-0.3, -0.25) is 0 Å². The zero-order valence-electron chi connectivity index (χ0n) is 12.1. The molecule has 0 aliphatic carbocycles. The zero-order valence-corrected chi connectivity index (χ0v) is 12.1. The number of nitrogens with one attached hydrogen (secondary N) is 1. The first kappa shape index (κ1) is 15.0. The number of piperidine rings is 1. The van der Waals surface area contributed by atoms with Gasteiger partial charge in [0.1, 0.15) is 0 Å². The number of carbonyl (C=O) groups is 1. The Labute approximate surface area is 120 Å². The van der Waals surface area contributed by atoms with E-state index >= 15 is 0 Å². The predicted molar refractivity (Wildman–Crippen MR) is 77.7 cm³/mol. The van der Waals surface area contributed by atoms with Crippen molar-refractivity contribution in [2.45, 2.75) is 38.3 Å². The summed E-state index contributed by atoms with van der Waals surface area (Å²) in [6, 6.07) is 8.00. The molecular weight excluding hydrogens is 254 g/mol. The quantitative estimate of drug-likeness (QED) is 0.641. The summed E-state index contributed by atoms with van der Waals surface area (Å²) in [5.74, 6) is -0.307. The molecule has 0 bridgehead atoms. The van der Waals surface area contributed by atoms with Crippen LogP contribution in [0, 0.1) is 0 Å². The van der Waals surface area contributed by atoms with Crippen LogP contribution >= 0.6 is 0 Å². The van der Waals surface area contributed by atoms with Crippen LogP contribution in [-0.2, 0) is 16.1 Å². The summed E-state index contributed by atoms with van der Waals surface area (Å²) in [5, 5.41) is 3.51. The summed E-state index contributed by atoms with van der Waals surface area (Å²) < 4.78 is 10.4. The molecule has 1 N–H and O–H groups in total. The van der Waals surface area contributed by atoms with Gasteiger partial charge >= 0.3 is 5.97 Å². The average Bonchev–Trinajstić information content (AvgIpc) is 2.52. The molecule has 0 aromatic heterocycles. The SMILES string of the molecule is COC(=O)c1cccc(COCCC2CCCCN2)c1. The lowest BCUT2D eigenvalue weighted by molar-refractivity contribution is 0.0600. The smallest absolute Gasteiger partial charge is 0.337 e. The summed E-state index contributed by atoms with van der Waals surface area (Å²) in [4.78, 5) is 11.4. The topological polar surface area (TPSA) is 47.6 Å². The first-order valence-electron chi connectivity index (χ1n) is 7.28. The Hall–Kier alpha value is -1.39. The van der Waals surface area contributed by atoms with Crippen molar-refractivity contribution in [1.82, 2.24) is 5.32 Å². The van der Waals surface area contributed by atoms with Gasteiger partial charge in [-0.15, -0.1) is 0 Å². The molecular formula is C16H23NO3. The van der Waals surface area contributed by atoms with E-state index in [0.29, 0.717) is 18.2 Å². The Morgan fingerprint density at radius 3 is 3.05 bits per heavy atom. The van der Waals surface area contributed by atoms with Crippen molar-refractivity contribution in [3.05, 3.63) is 35.4 Å². The van der Waals surface area contributed by atoms with E-state index in [1.165, 1.54) is 26.4 Å². The highest BCUT2D eigenvalue weighted by molar-refractivity contribution is 5.89. The second-order valence-electron chi connectivity index (χ2n) is 5.18. The molecule has 0 spiro atoms. The average molecular weight is 277 g/mol. The zero-order chi connectivity index (χ0) is 14.2. The Kier molecular flexibility index (Phi) is 6.02. The highest BCUT2D eigenvalue weighted by Crippen LogP contribution is 2.11. The predicted octanol–water partition coefficient (Wildman–Crippen LogP) is 2.52. The lowest BCUT2D eigenvalue weighted by Gasteiger charge is -2.23. The summed E-state index contributed by atoms with van der Waals surface area (Å²) in [7, 11) is 1.39. The molecule has 1 unspecified atom stereocenters. The van der Waals surface area contributed by atoms with Crippen molar-refractivity contribution in [3.63, 3.8) is 0 Å². The minimum Gasteiger partial charge on any atom is -0.465 e. The van der Waals surface area contributed by atoms with Crippen LogP contribution in [0.3, 0.4) is 0 Å². The third-order valence-corrected chi connectivity index (χ3v) is 3.64. The van der Waals surface area contributed by atoms with Gasteiger partial charge < -0.3 is 14.8 Å². The van der Waals surface area contributed by atoms with E-state index in [1.54, 1.807) is 6.07 Å². The molecule has 4 heteroatoms. The maximum atomic E-state index is 11.4. The fourth-order valence-electron chi connectivity index (χ4n) is 2.49. The minimum absolute atomic E-state index is 0.307. The second-order valence-corrected chi connectivity index (χ2v) is 5.18. The number of carbonyl (C=O) groups excluding carboxylic acids is 1. The Morgan fingerprint density at radius 2 is 2.30 bits per heavy atom. The molecule has 2 rings (SSSR count). The molecule has 0 saturated carbocycles. The molecule has 1 saturated heterocycles. The lowest BCUT2D eigenvalue weighted by atomic mass is 10.0. The number of ether oxygens (including phenoxy) is 2. The van der Waals surface area contributed by atoms with Gasteiger partial charge in [-0.25, -0.2) is 4.79 Å². The standard InChI is InChI=1S/C16H23NO3/c1-19-16(18)14-6-4-5-13(11-14)12-20-10-8-15-7-2-3-9-17-15/h4-6,11,15,17H,2-3,7-10,12H2,1H3. The number of esters is 1. The van der Waals surface area contributed by atoms with Gasteiger partial charge in [0.05, 0.1) is 19.3 Å². The van der Waals surface area contributed by atoms with Gasteiger partial charge in [-0.1, -0.05) is 18.6 Å². The van der Waals surface area contributed by atoms with Gasteiger partial charge in [-0.05, 0) is 43.5 Å². The van der Waals surface area contributed by atoms with Crippen LogP contribution in [0.4, 0.5) is 0 Å². The summed E-state index contributed by atoms with van der Waals surface area (Å²) in [6.45, 7) is 2.42. The number of methoxy groups -OCH3 is 1. The van der Waals surface area contributed by atoms with E-state index in [9.17, 15) is 4.79 Å². The first-order valence-corrected chi connectivity index (χ1v) is 7.28. The van der Waals surface area contributed by atoms with Gasteiger partial charge in [0, 0.05) is 12.6 Å². The molecule has 1 aliphatic heterocycles. The molecule has 1 atom stereocenters. The second kappa shape index (κ2) is 8.02. The number of rotatable bonds is 6. The monoisotopic (exact) mass is 277 g/mol. The van der Waals surface area contributed by atoms with Gasteiger partial charge in [0.25, 0.3) is 0 Å². The summed E-state index contributed by atoms with van der Waals surface area (Å²) in [5.41, 5.74) is 1.58. The molecule has 1 aromatic carbocycles. The van der Waals surface area contributed by atoms with Crippen LogP contribution in [0.5, 0.6) is 0 Å². The normalized spacial score (nSPS) is 18.8. The maximum Gasteiger partial charge on any atom is 0.337 e. The fourth-order valence-corrected chi connectivity index (χ4v) is 2.49. The van der Waals surface area contributed by atoms with E-state index in [0.717, 1.165) is 25.1 Å². The van der Waals surface area contributed by atoms with Gasteiger partial charge in [0.15, 0.2) is 0 Å². The van der Waals surface area contributed by atoms with Gasteiger partial charge in [0.2, 0.25) is 0 Å². The van der Waals surface area contributed by atoms with E-state index in [1.807, 2.05) is 18.2 Å². The third-order valence-electron chi connectivity index (χ3n) is 3.64. The molecule has 1 aromatic rings.